The number of methoxy groups -OCH3 is 1. The van der Waals surface area contributed by atoms with Gasteiger partial charge in [-0.3, -0.25) is 0 Å². The predicted octanol–water partition coefficient (Wildman–Crippen LogP) is 3.39. The molecule has 0 aliphatic rings. The lowest BCUT2D eigenvalue weighted by atomic mass is 10.1. The number of carbonyl (C=O) groups is 1. The summed E-state index contributed by atoms with van der Waals surface area (Å²) in [5.74, 6) is 1.32. The molecule has 0 fully saturated rings. The molecular weight excluding hydrogens is 472 g/mol. The number of ether oxygens (including phenoxy) is 4. The van der Waals surface area contributed by atoms with Gasteiger partial charge in [0.25, 0.3) is 0 Å². The molecule has 0 unspecified atom stereocenters. The molecule has 0 aliphatic heterocycles. The Kier molecular flexibility index (Phi) is 10.1. The van der Waals surface area contributed by atoms with Gasteiger partial charge in [0.05, 0.1) is 20.3 Å². The molecule has 9 nitrogen and oxygen atoms in total. The maximum absolute atomic E-state index is 12.5. The van der Waals surface area contributed by atoms with Gasteiger partial charge < -0.3 is 23.8 Å². The van der Waals surface area contributed by atoms with Gasteiger partial charge >= 0.3 is 6.09 Å². The lowest BCUT2D eigenvalue weighted by Gasteiger charge is -2.28. The first kappa shape index (κ1) is 26.6. The van der Waals surface area contributed by atoms with Crippen LogP contribution < -0.4 is 19.3 Å². The molecule has 0 aromatic heterocycles. The molecule has 0 heterocycles. The summed E-state index contributed by atoms with van der Waals surface area (Å²) in [7, 11) is -2.62. The van der Waals surface area contributed by atoms with Crippen molar-refractivity contribution in [1.82, 2.24) is 4.90 Å². The van der Waals surface area contributed by atoms with Crippen LogP contribution in [0.2, 0.25) is 0 Å². The minimum Gasteiger partial charge on any atom is -0.495 e. The number of hydrogen-bond donors (Lipinski definition) is 1. The van der Waals surface area contributed by atoms with E-state index < -0.39 is 16.1 Å². The molecule has 0 radical (unpaired) electrons. The number of hydrogen-bond acceptors (Lipinski definition) is 7. The van der Waals surface area contributed by atoms with E-state index in [2.05, 4.69) is 0 Å². The average molecular weight is 501 g/mol. The van der Waals surface area contributed by atoms with E-state index >= 15 is 0 Å². The molecule has 2 aromatic carbocycles. The van der Waals surface area contributed by atoms with Crippen LogP contribution in [-0.4, -0.2) is 58.4 Å². The van der Waals surface area contributed by atoms with Gasteiger partial charge in [0, 0.05) is 6.04 Å². The number of nitrogens with two attached hydrogens (primary N) is 1. The zero-order chi connectivity index (χ0) is 24.4. The summed E-state index contributed by atoms with van der Waals surface area (Å²) in [5.41, 5.74) is 0.651. The monoisotopic (exact) mass is 500 g/mol. The molecular formula is C22H29ClN2O7S. The van der Waals surface area contributed by atoms with E-state index in [1.807, 2.05) is 26.0 Å². The second-order valence-electron chi connectivity index (χ2n) is 7.02. The summed E-state index contributed by atoms with van der Waals surface area (Å²) in [6.07, 6.45) is -0.279. The third-order valence-corrected chi connectivity index (χ3v) is 5.79. The van der Waals surface area contributed by atoms with E-state index in [1.54, 1.807) is 18.2 Å². The summed E-state index contributed by atoms with van der Waals surface area (Å²) >= 11 is 5.58. The van der Waals surface area contributed by atoms with Gasteiger partial charge in [-0.25, -0.2) is 18.4 Å². The second-order valence-corrected chi connectivity index (χ2v) is 8.77. The van der Waals surface area contributed by atoms with E-state index in [0.717, 1.165) is 0 Å². The van der Waals surface area contributed by atoms with Crippen molar-refractivity contribution in [2.24, 2.45) is 5.14 Å². The van der Waals surface area contributed by atoms with Crippen molar-refractivity contribution >= 4 is 27.7 Å². The van der Waals surface area contributed by atoms with Crippen LogP contribution >= 0.6 is 11.6 Å². The number of amides is 1. The molecule has 2 rings (SSSR count). The predicted molar refractivity (Wildman–Crippen MR) is 125 cm³/mol. The Morgan fingerprint density at radius 3 is 2.36 bits per heavy atom. The number of para-hydroxylation sites is 2. The summed E-state index contributed by atoms with van der Waals surface area (Å²) in [6.45, 7) is 4.56. The van der Waals surface area contributed by atoms with Gasteiger partial charge in [0.1, 0.15) is 17.3 Å². The first-order chi connectivity index (χ1) is 15.7. The molecule has 0 spiro atoms. The topological polar surface area (TPSA) is 117 Å². The van der Waals surface area contributed by atoms with Gasteiger partial charge in [0.2, 0.25) is 10.0 Å². The summed E-state index contributed by atoms with van der Waals surface area (Å²) < 4.78 is 45.2. The summed E-state index contributed by atoms with van der Waals surface area (Å²) in [6, 6.07) is 11.3. The Bertz CT molecular complexity index is 1030. The number of nitrogens with zero attached hydrogens (tertiary/aromatic N) is 1. The number of carbonyl (C=O) groups excluding carboxylic acids is 1. The Labute approximate surface area is 199 Å². The van der Waals surface area contributed by atoms with Crippen molar-refractivity contribution in [3.63, 3.8) is 0 Å². The number of rotatable bonds is 12. The maximum Gasteiger partial charge on any atom is 0.411 e. The van der Waals surface area contributed by atoms with Crippen LogP contribution in [0.15, 0.2) is 47.4 Å². The number of halogens is 1. The highest BCUT2D eigenvalue weighted by Crippen LogP contribution is 2.27. The lowest BCUT2D eigenvalue weighted by molar-refractivity contribution is 0.0939. The molecule has 0 saturated carbocycles. The van der Waals surface area contributed by atoms with Crippen LogP contribution in [0, 0.1) is 0 Å². The molecule has 33 heavy (non-hydrogen) atoms. The van der Waals surface area contributed by atoms with Gasteiger partial charge in [-0.1, -0.05) is 29.8 Å². The smallest absolute Gasteiger partial charge is 0.411 e. The number of sulfonamides is 1. The fourth-order valence-corrected chi connectivity index (χ4v) is 4.08. The van der Waals surface area contributed by atoms with Crippen molar-refractivity contribution < 1.29 is 32.2 Å². The highest BCUT2D eigenvalue weighted by Gasteiger charge is 2.23. The molecule has 1 amide bonds. The normalized spacial score (nSPS) is 12.0. The van der Waals surface area contributed by atoms with E-state index in [-0.39, 0.29) is 35.9 Å². The molecule has 0 bridgehead atoms. The number of primary sulfonamides is 1. The van der Waals surface area contributed by atoms with Gasteiger partial charge in [0.15, 0.2) is 17.6 Å². The molecule has 1 atom stereocenters. The van der Waals surface area contributed by atoms with Crippen LogP contribution in [0.25, 0.3) is 0 Å². The second kappa shape index (κ2) is 12.5. The van der Waals surface area contributed by atoms with E-state index in [1.165, 1.54) is 24.1 Å². The molecule has 0 aliphatic carbocycles. The standard InChI is InChI=1S/C22H29ClN2O7S/c1-4-30-18-7-5-6-8-19(18)31-12-11-25(22(26)32-15-23)16(2)13-17-9-10-20(29-3)21(14-17)33(24,27)28/h5-10,14,16H,4,11-13,15H2,1-3H3,(H2,24,27,28)/t16-/m0/s1. The number of alkyl halides is 1. The van der Waals surface area contributed by atoms with E-state index in [9.17, 15) is 13.2 Å². The quantitative estimate of drug-likeness (QED) is 0.444. The lowest BCUT2D eigenvalue weighted by Crippen LogP contribution is -2.42. The Morgan fingerprint density at radius 1 is 1.12 bits per heavy atom. The Balaban J connectivity index is 2.15. The molecule has 2 N–H and O–H groups in total. The van der Waals surface area contributed by atoms with E-state index in [0.29, 0.717) is 30.1 Å². The largest absolute Gasteiger partial charge is 0.495 e. The summed E-state index contributed by atoms with van der Waals surface area (Å²) in [4.78, 5) is 13.9. The average Bonchev–Trinajstić information content (AvgIpc) is 2.77. The van der Waals surface area contributed by atoms with Crippen molar-refractivity contribution in [1.29, 1.82) is 0 Å². The van der Waals surface area contributed by atoms with Crippen molar-refractivity contribution in [3.8, 4) is 17.2 Å². The van der Waals surface area contributed by atoms with Crippen molar-refractivity contribution in [2.45, 2.75) is 31.2 Å². The molecule has 11 heteroatoms. The fourth-order valence-electron chi connectivity index (χ4n) is 3.24. The van der Waals surface area contributed by atoms with Crippen molar-refractivity contribution in [3.05, 3.63) is 48.0 Å². The molecule has 182 valence electrons. The SMILES string of the molecule is CCOc1ccccc1OCCN(C(=O)OCCl)[C@@H](C)Cc1ccc(OC)c(S(N)(=O)=O)c1. The van der Waals surface area contributed by atoms with Crippen LogP contribution in [0.3, 0.4) is 0 Å². The third kappa shape index (κ3) is 7.69. The minimum atomic E-state index is -3.98. The highest BCUT2D eigenvalue weighted by molar-refractivity contribution is 7.89. The first-order valence-corrected chi connectivity index (χ1v) is 12.3. The van der Waals surface area contributed by atoms with Gasteiger partial charge in [-0.15, -0.1) is 0 Å². The molecule has 2 aromatic rings. The summed E-state index contributed by atoms with van der Waals surface area (Å²) in [5, 5.41) is 5.30. The Hall–Kier alpha value is -2.69. The minimum absolute atomic E-state index is 0.125. The highest BCUT2D eigenvalue weighted by atomic mass is 35.5. The van der Waals surface area contributed by atoms with Gasteiger partial charge in [-0.2, -0.15) is 0 Å². The van der Waals surface area contributed by atoms with Crippen LogP contribution in [-0.2, 0) is 21.2 Å². The van der Waals surface area contributed by atoms with Crippen molar-refractivity contribution in [2.75, 3.05) is 32.9 Å². The fraction of sp³-hybridized carbons (Fsp3) is 0.409. The number of benzene rings is 2. The molecule has 0 saturated heterocycles. The zero-order valence-electron chi connectivity index (χ0n) is 18.8. The van der Waals surface area contributed by atoms with Gasteiger partial charge in [-0.05, 0) is 50.1 Å². The maximum atomic E-state index is 12.5. The van der Waals surface area contributed by atoms with Crippen LogP contribution in [0.5, 0.6) is 17.2 Å². The van der Waals surface area contributed by atoms with Crippen LogP contribution in [0.4, 0.5) is 4.79 Å². The third-order valence-electron chi connectivity index (χ3n) is 4.75. The first-order valence-electron chi connectivity index (χ1n) is 10.2. The zero-order valence-corrected chi connectivity index (χ0v) is 20.4. The van der Waals surface area contributed by atoms with E-state index in [4.69, 9.17) is 35.7 Å². The van der Waals surface area contributed by atoms with Crippen LogP contribution in [0.1, 0.15) is 19.4 Å². The Morgan fingerprint density at radius 2 is 1.79 bits per heavy atom.